The van der Waals surface area contributed by atoms with Gasteiger partial charge in [-0.15, -0.1) is 0 Å². The third kappa shape index (κ3) is 26.1. The zero-order chi connectivity index (χ0) is 27.2. The van der Waals surface area contributed by atoms with Crippen molar-refractivity contribution in [1.29, 1.82) is 0 Å². The maximum absolute atomic E-state index is 2.50. The van der Waals surface area contributed by atoms with E-state index in [4.69, 9.17) is 0 Å². The summed E-state index contributed by atoms with van der Waals surface area (Å²) in [5, 5.41) is 0. The Hall–Kier alpha value is -0.560. The van der Waals surface area contributed by atoms with Gasteiger partial charge in [0.25, 0.3) is 0 Å². The number of hydrogen-bond donors (Lipinski definition) is 0. The van der Waals surface area contributed by atoms with Crippen molar-refractivity contribution >= 4 is 0 Å². The molecule has 0 aliphatic carbocycles. The molecule has 1 rings (SSSR count). The molecule has 0 aromatic carbocycles. The van der Waals surface area contributed by atoms with Crippen molar-refractivity contribution in [1.82, 2.24) is 0 Å². The molecule has 230 valence electrons. The first-order valence-electron chi connectivity index (χ1n) is 17.8. The smallest absolute Gasteiger partial charge is 0.169 e. The molecular formula is C37H70ClN. The Bertz CT molecular complexity index is 560. The Morgan fingerprint density at radius 3 is 0.897 bits per heavy atom. The van der Waals surface area contributed by atoms with E-state index in [1.165, 1.54) is 186 Å². The largest absolute Gasteiger partial charge is 1.00 e. The first-order valence-corrected chi connectivity index (χ1v) is 17.8. The summed E-state index contributed by atoms with van der Waals surface area (Å²) < 4.78 is 2.50. The standard InChI is InChI=1S/C37H70N.ClH/c1-3-5-7-9-11-13-15-17-19-21-23-25-27-30-34-37(38-35-31-28-32-36-38)33-29-26-24-22-20-18-16-14-12-10-8-6-4-2;/h28,31-32,35-37H,3-27,29-30,33-34H2,1-2H3;1H/q+1;/p-1. The third-order valence-electron chi connectivity index (χ3n) is 8.69. The maximum Gasteiger partial charge on any atom is 0.169 e. The van der Waals surface area contributed by atoms with Gasteiger partial charge in [-0.25, -0.2) is 4.57 Å². The zero-order valence-corrected chi connectivity index (χ0v) is 27.6. The van der Waals surface area contributed by atoms with E-state index in [1.54, 1.807) is 0 Å². The van der Waals surface area contributed by atoms with Gasteiger partial charge in [0.1, 0.15) is 0 Å². The molecule has 0 aliphatic heterocycles. The van der Waals surface area contributed by atoms with Crippen molar-refractivity contribution in [3.05, 3.63) is 30.6 Å². The minimum absolute atomic E-state index is 0. The highest BCUT2D eigenvalue weighted by Crippen LogP contribution is 2.20. The first-order chi connectivity index (χ1) is 18.9. The molecule has 0 fully saturated rings. The number of hydrogen-bond acceptors (Lipinski definition) is 0. The van der Waals surface area contributed by atoms with Crippen LogP contribution in [0.25, 0.3) is 0 Å². The van der Waals surface area contributed by atoms with Gasteiger partial charge in [0.05, 0.1) is 0 Å². The van der Waals surface area contributed by atoms with Crippen LogP contribution in [-0.4, -0.2) is 0 Å². The van der Waals surface area contributed by atoms with Gasteiger partial charge in [-0.2, -0.15) is 0 Å². The summed E-state index contributed by atoms with van der Waals surface area (Å²) in [5.74, 6) is 0. The fourth-order valence-corrected chi connectivity index (χ4v) is 6.07. The second-order valence-electron chi connectivity index (χ2n) is 12.4. The number of halogens is 1. The fourth-order valence-electron chi connectivity index (χ4n) is 6.07. The van der Waals surface area contributed by atoms with Gasteiger partial charge in [0.2, 0.25) is 0 Å². The molecule has 1 atom stereocenters. The fraction of sp³-hybridized carbons (Fsp3) is 0.865. The molecule has 0 radical (unpaired) electrons. The van der Waals surface area contributed by atoms with Gasteiger partial charge in [0, 0.05) is 25.0 Å². The van der Waals surface area contributed by atoms with E-state index >= 15 is 0 Å². The summed E-state index contributed by atoms with van der Waals surface area (Å²) in [6.07, 6.45) is 46.4. The molecule has 1 aromatic rings. The average Bonchev–Trinajstić information content (AvgIpc) is 2.95. The predicted octanol–water partition coefficient (Wildman–Crippen LogP) is 9.87. The molecule has 1 unspecified atom stereocenters. The van der Waals surface area contributed by atoms with Crippen molar-refractivity contribution in [2.45, 2.75) is 206 Å². The van der Waals surface area contributed by atoms with Crippen molar-refractivity contribution in [3.63, 3.8) is 0 Å². The van der Waals surface area contributed by atoms with Crippen molar-refractivity contribution in [2.75, 3.05) is 0 Å². The molecule has 0 saturated heterocycles. The Kier molecular flexibility index (Phi) is 31.5. The average molecular weight is 564 g/mol. The first kappa shape index (κ1) is 38.4. The molecule has 0 N–H and O–H groups in total. The summed E-state index contributed by atoms with van der Waals surface area (Å²) >= 11 is 0. The van der Waals surface area contributed by atoms with Crippen LogP contribution in [0.15, 0.2) is 30.6 Å². The molecule has 0 aliphatic rings. The van der Waals surface area contributed by atoms with Gasteiger partial charge in [0.15, 0.2) is 18.4 Å². The van der Waals surface area contributed by atoms with Gasteiger partial charge < -0.3 is 12.4 Å². The number of pyridine rings is 1. The molecule has 0 spiro atoms. The van der Waals surface area contributed by atoms with E-state index in [0.29, 0.717) is 6.04 Å². The van der Waals surface area contributed by atoms with Crippen LogP contribution in [0, 0.1) is 0 Å². The van der Waals surface area contributed by atoms with E-state index in [-0.39, 0.29) is 12.4 Å². The van der Waals surface area contributed by atoms with Crippen LogP contribution in [0.3, 0.4) is 0 Å². The highest BCUT2D eigenvalue weighted by atomic mass is 35.5. The molecule has 0 amide bonds. The molecule has 1 nitrogen and oxygen atoms in total. The second kappa shape index (κ2) is 32.0. The van der Waals surface area contributed by atoms with Gasteiger partial charge in [-0.05, 0) is 12.8 Å². The van der Waals surface area contributed by atoms with E-state index in [9.17, 15) is 0 Å². The van der Waals surface area contributed by atoms with Crippen LogP contribution >= 0.6 is 0 Å². The topological polar surface area (TPSA) is 3.88 Å². The molecule has 0 bridgehead atoms. The van der Waals surface area contributed by atoms with Crippen LogP contribution in [0.2, 0.25) is 0 Å². The van der Waals surface area contributed by atoms with E-state index in [0.717, 1.165) is 0 Å². The van der Waals surface area contributed by atoms with Crippen molar-refractivity contribution in [2.24, 2.45) is 0 Å². The van der Waals surface area contributed by atoms with E-state index in [2.05, 4.69) is 49.0 Å². The third-order valence-corrected chi connectivity index (χ3v) is 8.69. The normalized spacial score (nSPS) is 11.9. The lowest BCUT2D eigenvalue weighted by Crippen LogP contribution is -3.00. The molecule has 1 aromatic heterocycles. The second-order valence-corrected chi connectivity index (χ2v) is 12.4. The number of unbranched alkanes of at least 4 members (excludes halogenated alkanes) is 25. The summed E-state index contributed by atoms with van der Waals surface area (Å²) in [6, 6.07) is 7.29. The molecular weight excluding hydrogens is 494 g/mol. The monoisotopic (exact) mass is 564 g/mol. The Balaban J connectivity index is 0.0000144. The van der Waals surface area contributed by atoms with E-state index in [1.807, 2.05) is 0 Å². The van der Waals surface area contributed by atoms with Crippen LogP contribution in [0.1, 0.15) is 206 Å². The summed E-state index contributed by atoms with van der Waals surface area (Å²) in [5.41, 5.74) is 0. The number of rotatable bonds is 30. The quantitative estimate of drug-likeness (QED) is 0.0647. The minimum Gasteiger partial charge on any atom is -1.00 e. The van der Waals surface area contributed by atoms with Crippen LogP contribution in [0.4, 0.5) is 0 Å². The highest BCUT2D eigenvalue weighted by molar-refractivity contribution is 4.84. The summed E-state index contributed by atoms with van der Waals surface area (Å²) in [7, 11) is 0. The highest BCUT2D eigenvalue weighted by Gasteiger charge is 2.16. The molecule has 0 saturated carbocycles. The maximum atomic E-state index is 2.50. The van der Waals surface area contributed by atoms with Crippen LogP contribution < -0.4 is 17.0 Å². The predicted molar refractivity (Wildman–Crippen MR) is 171 cm³/mol. The lowest BCUT2D eigenvalue weighted by atomic mass is 9.99. The van der Waals surface area contributed by atoms with Crippen molar-refractivity contribution < 1.29 is 17.0 Å². The Labute approximate surface area is 253 Å². The van der Waals surface area contributed by atoms with Crippen LogP contribution in [0.5, 0.6) is 0 Å². The minimum atomic E-state index is 0. The van der Waals surface area contributed by atoms with Gasteiger partial charge in [-0.1, -0.05) is 180 Å². The number of aromatic nitrogens is 1. The number of nitrogens with zero attached hydrogens (tertiary/aromatic N) is 1. The van der Waals surface area contributed by atoms with Crippen LogP contribution in [-0.2, 0) is 0 Å². The van der Waals surface area contributed by atoms with Gasteiger partial charge in [-0.3, -0.25) is 0 Å². The Morgan fingerprint density at radius 1 is 0.359 bits per heavy atom. The molecule has 1 heterocycles. The molecule has 2 heteroatoms. The zero-order valence-electron chi connectivity index (χ0n) is 26.8. The van der Waals surface area contributed by atoms with E-state index < -0.39 is 0 Å². The summed E-state index contributed by atoms with van der Waals surface area (Å²) in [4.78, 5) is 0. The lowest BCUT2D eigenvalue weighted by Gasteiger charge is -2.13. The summed E-state index contributed by atoms with van der Waals surface area (Å²) in [6.45, 7) is 4.61. The Morgan fingerprint density at radius 2 is 0.615 bits per heavy atom. The SMILES string of the molecule is CCCCCCCCCCCCCCCCC(CCCCCCCCCCCCCCC)[n+]1ccccc1.[Cl-]. The van der Waals surface area contributed by atoms with Crippen molar-refractivity contribution in [3.8, 4) is 0 Å². The van der Waals surface area contributed by atoms with Gasteiger partial charge >= 0.3 is 0 Å². The lowest BCUT2D eigenvalue weighted by molar-refractivity contribution is -0.724. The molecule has 39 heavy (non-hydrogen) atoms.